The van der Waals surface area contributed by atoms with Crippen LogP contribution in [0.15, 0.2) is 11.6 Å². The molecule has 28 heavy (non-hydrogen) atoms. The molecule has 2 heteroatoms. The van der Waals surface area contributed by atoms with Crippen molar-refractivity contribution in [3.05, 3.63) is 11.6 Å². The van der Waals surface area contributed by atoms with E-state index in [2.05, 4.69) is 52.5 Å². The van der Waals surface area contributed by atoms with Crippen LogP contribution in [-0.2, 0) is 0 Å². The molecule has 8 atom stereocenters. The summed E-state index contributed by atoms with van der Waals surface area (Å²) in [5.74, 6) is 8.02. The molecule has 4 aliphatic rings. The van der Waals surface area contributed by atoms with Gasteiger partial charge in [-0.3, -0.25) is 0 Å². The van der Waals surface area contributed by atoms with E-state index in [0.717, 1.165) is 48.3 Å². The third-order valence-electron chi connectivity index (χ3n) is 9.67. The molecule has 0 aromatic heterocycles. The molecule has 0 spiro atoms. The fourth-order valence-corrected chi connectivity index (χ4v) is 9.43. The van der Waals surface area contributed by atoms with Crippen molar-refractivity contribution >= 4 is 11.8 Å². The number of rotatable bonds is 5. The molecule has 3 fully saturated rings. The minimum Gasteiger partial charge on any atom is -0.393 e. The lowest BCUT2D eigenvalue weighted by atomic mass is 9.47. The fraction of sp³-hybridized carbons (Fsp3) is 0.923. The molecule has 0 heterocycles. The Bertz CT molecular complexity index is 597. The highest BCUT2D eigenvalue weighted by Crippen LogP contribution is 2.67. The first kappa shape index (κ1) is 21.3. The number of fused-ring (bicyclic) bond motifs is 5. The Morgan fingerprint density at radius 1 is 1.04 bits per heavy atom. The third kappa shape index (κ3) is 3.53. The van der Waals surface area contributed by atoms with Gasteiger partial charge in [0.15, 0.2) is 0 Å². The first-order valence-corrected chi connectivity index (χ1v) is 13.4. The second-order valence-corrected chi connectivity index (χ2v) is 12.9. The van der Waals surface area contributed by atoms with Crippen molar-refractivity contribution in [3.63, 3.8) is 0 Å². The monoisotopic (exact) mass is 404 g/mol. The summed E-state index contributed by atoms with van der Waals surface area (Å²) in [4.78, 5) is 0. The number of hydrogen-bond donors (Lipinski definition) is 1. The first-order chi connectivity index (χ1) is 13.3. The van der Waals surface area contributed by atoms with Gasteiger partial charge < -0.3 is 5.11 Å². The standard InChI is InChI=1S/C26H44OS/c1-17(2)15-28-16-18(3)22-8-9-23-21-7-6-19-14-20(27)10-12-25(19,4)24(21)11-13-26(22,23)5/h6,17-18,20-24,27H,7-16H2,1-5H3/t18-,20+,21+,22-,23+,24+,25+,26-/m1/s1. The van der Waals surface area contributed by atoms with E-state index in [1.165, 1.54) is 50.0 Å². The maximum atomic E-state index is 10.2. The fourth-order valence-electron chi connectivity index (χ4n) is 8.22. The Labute approximate surface area is 178 Å². The minimum absolute atomic E-state index is 0.0789. The molecule has 4 rings (SSSR count). The van der Waals surface area contributed by atoms with Crippen molar-refractivity contribution < 1.29 is 5.11 Å². The first-order valence-electron chi connectivity index (χ1n) is 12.2. The van der Waals surface area contributed by atoms with Crippen molar-refractivity contribution in [2.24, 2.45) is 46.3 Å². The summed E-state index contributed by atoms with van der Waals surface area (Å²) in [6.07, 6.45) is 12.8. The average molecular weight is 405 g/mol. The van der Waals surface area contributed by atoms with Crippen LogP contribution in [0.25, 0.3) is 0 Å². The summed E-state index contributed by atoms with van der Waals surface area (Å²) in [5, 5.41) is 10.2. The smallest absolute Gasteiger partial charge is 0.0577 e. The van der Waals surface area contributed by atoms with E-state index in [9.17, 15) is 5.11 Å². The van der Waals surface area contributed by atoms with Crippen molar-refractivity contribution in [3.8, 4) is 0 Å². The summed E-state index contributed by atoms with van der Waals surface area (Å²) < 4.78 is 0. The number of thioether (sulfide) groups is 1. The normalized spacial score (nSPS) is 46.5. The molecular weight excluding hydrogens is 360 g/mol. The Morgan fingerprint density at radius 3 is 2.57 bits per heavy atom. The molecule has 1 nitrogen and oxygen atoms in total. The van der Waals surface area contributed by atoms with Crippen LogP contribution in [0.5, 0.6) is 0 Å². The Kier molecular flexibility index (Phi) is 6.04. The quantitative estimate of drug-likeness (QED) is 0.500. The van der Waals surface area contributed by atoms with Gasteiger partial charge in [-0.2, -0.15) is 11.8 Å². The van der Waals surface area contributed by atoms with E-state index in [1.807, 2.05) is 0 Å². The molecule has 0 amide bonds. The summed E-state index contributed by atoms with van der Waals surface area (Å²) in [6.45, 7) is 12.5. The van der Waals surface area contributed by atoms with E-state index in [1.54, 1.807) is 5.57 Å². The predicted molar refractivity (Wildman–Crippen MR) is 123 cm³/mol. The molecule has 3 saturated carbocycles. The molecular formula is C26H44OS. The van der Waals surface area contributed by atoms with E-state index in [-0.39, 0.29) is 6.10 Å². The van der Waals surface area contributed by atoms with Gasteiger partial charge in [-0.1, -0.05) is 46.3 Å². The van der Waals surface area contributed by atoms with Gasteiger partial charge >= 0.3 is 0 Å². The third-order valence-corrected chi connectivity index (χ3v) is 11.3. The zero-order valence-corrected chi connectivity index (χ0v) is 19.9. The van der Waals surface area contributed by atoms with Crippen LogP contribution >= 0.6 is 11.8 Å². The van der Waals surface area contributed by atoms with Crippen molar-refractivity contribution in [1.29, 1.82) is 0 Å². The van der Waals surface area contributed by atoms with Gasteiger partial charge in [0.25, 0.3) is 0 Å². The van der Waals surface area contributed by atoms with Crippen LogP contribution in [-0.4, -0.2) is 22.7 Å². The van der Waals surface area contributed by atoms with E-state index < -0.39 is 0 Å². The van der Waals surface area contributed by atoms with Crippen LogP contribution in [0.1, 0.15) is 86.0 Å². The Morgan fingerprint density at radius 2 is 1.82 bits per heavy atom. The number of hydrogen-bond acceptors (Lipinski definition) is 2. The molecule has 0 aliphatic heterocycles. The van der Waals surface area contributed by atoms with Gasteiger partial charge in [-0.15, -0.1) is 0 Å². The van der Waals surface area contributed by atoms with Gasteiger partial charge in [-0.25, -0.2) is 0 Å². The van der Waals surface area contributed by atoms with Gasteiger partial charge in [0, 0.05) is 0 Å². The SMILES string of the molecule is CC(C)CSC[C@@H](C)[C@H]1CC[C@H]2[C@@H]3CC=C4C[C@@H](O)CC[C@]4(C)[C@H]3CC[C@]12C. The van der Waals surface area contributed by atoms with Gasteiger partial charge in [-0.05, 0) is 109 Å². The second-order valence-electron chi connectivity index (χ2n) is 11.8. The summed E-state index contributed by atoms with van der Waals surface area (Å²) in [7, 11) is 0. The summed E-state index contributed by atoms with van der Waals surface area (Å²) in [6, 6.07) is 0. The lowest BCUT2D eigenvalue weighted by molar-refractivity contribution is -0.0553. The van der Waals surface area contributed by atoms with Gasteiger partial charge in [0.2, 0.25) is 0 Å². The minimum atomic E-state index is -0.0789. The highest BCUT2D eigenvalue weighted by molar-refractivity contribution is 7.99. The maximum absolute atomic E-state index is 10.2. The van der Waals surface area contributed by atoms with E-state index >= 15 is 0 Å². The summed E-state index contributed by atoms with van der Waals surface area (Å²) in [5.41, 5.74) is 2.58. The van der Waals surface area contributed by atoms with Crippen molar-refractivity contribution in [2.75, 3.05) is 11.5 Å². The predicted octanol–water partition coefficient (Wildman–Crippen LogP) is 6.95. The van der Waals surface area contributed by atoms with E-state index in [0.29, 0.717) is 10.8 Å². The van der Waals surface area contributed by atoms with Crippen LogP contribution in [0.3, 0.4) is 0 Å². The zero-order valence-electron chi connectivity index (χ0n) is 19.0. The topological polar surface area (TPSA) is 20.2 Å². The molecule has 4 aliphatic carbocycles. The molecule has 0 aromatic rings. The molecule has 0 aromatic carbocycles. The molecule has 1 N–H and O–H groups in total. The summed E-state index contributed by atoms with van der Waals surface area (Å²) >= 11 is 2.20. The largest absolute Gasteiger partial charge is 0.393 e. The number of aliphatic hydroxyl groups excluding tert-OH is 1. The molecule has 0 unspecified atom stereocenters. The zero-order chi connectivity index (χ0) is 20.1. The maximum Gasteiger partial charge on any atom is 0.0577 e. The lowest BCUT2D eigenvalue weighted by Gasteiger charge is -2.58. The van der Waals surface area contributed by atoms with Gasteiger partial charge in [0.05, 0.1) is 6.10 Å². The highest BCUT2D eigenvalue weighted by atomic mass is 32.2. The van der Waals surface area contributed by atoms with Gasteiger partial charge in [0.1, 0.15) is 0 Å². The average Bonchev–Trinajstić information content (AvgIpc) is 2.99. The van der Waals surface area contributed by atoms with Crippen LogP contribution < -0.4 is 0 Å². The van der Waals surface area contributed by atoms with Crippen LogP contribution in [0.4, 0.5) is 0 Å². The second kappa shape index (κ2) is 7.95. The number of aliphatic hydroxyl groups is 1. The molecule has 0 saturated heterocycles. The van der Waals surface area contributed by atoms with Crippen LogP contribution in [0.2, 0.25) is 0 Å². The molecule has 0 radical (unpaired) electrons. The molecule has 160 valence electrons. The number of allylic oxidation sites excluding steroid dienone is 1. The van der Waals surface area contributed by atoms with Crippen molar-refractivity contribution in [2.45, 2.75) is 92.1 Å². The Balaban J connectivity index is 1.49. The van der Waals surface area contributed by atoms with Crippen molar-refractivity contribution in [1.82, 2.24) is 0 Å². The Hall–Kier alpha value is 0.0500. The van der Waals surface area contributed by atoms with Crippen LogP contribution in [0, 0.1) is 46.3 Å². The lowest BCUT2D eigenvalue weighted by Crippen LogP contribution is -2.50. The van der Waals surface area contributed by atoms with E-state index in [4.69, 9.17) is 0 Å². The molecule has 0 bridgehead atoms. The highest BCUT2D eigenvalue weighted by Gasteiger charge is 2.59.